The van der Waals surface area contributed by atoms with E-state index in [1.54, 1.807) is 24.3 Å². The average Bonchev–Trinajstić information content (AvgIpc) is 3.44. The molecule has 4 rings (SSSR count). The molecule has 0 aliphatic carbocycles. The summed E-state index contributed by atoms with van der Waals surface area (Å²) in [5.41, 5.74) is 2.45. The number of carbonyl (C=O) groups excluding carboxylic acids is 2. The zero-order chi connectivity index (χ0) is 20.9. The second-order valence-corrected chi connectivity index (χ2v) is 7.59. The lowest BCUT2D eigenvalue weighted by molar-refractivity contribution is -0.118. The molecule has 0 fully saturated rings. The summed E-state index contributed by atoms with van der Waals surface area (Å²) in [6.45, 7) is 0. The summed E-state index contributed by atoms with van der Waals surface area (Å²) < 4.78 is 5.04. The van der Waals surface area contributed by atoms with Gasteiger partial charge in [0.25, 0.3) is 5.91 Å². The molecular formula is C22H20N4O3S. The highest BCUT2D eigenvalue weighted by molar-refractivity contribution is 7.12. The van der Waals surface area contributed by atoms with Crippen molar-refractivity contribution >= 4 is 39.7 Å². The molecule has 8 heteroatoms. The van der Waals surface area contributed by atoms with E-state index in [1.807, 2.05) is 35.8 Å². The summed E-state index contributed by atoms with van der Waals surface area (Å²) in [7, 11) is 1.53. The normalized spacial score (nSPS) is 11.8. The van der Waals surface area contributed by atoms with E-state index in [0.717, 1.165) is 16.5 Å². The number of ether oxygens (including phenoxy) is 1. The van der Waals surface area contributed by atoms with Crippen molar-refractivity contribution in [2.75, 3.05) is 12.4 Å². The van der Waals surface area contributed by atoms with Gasteiger partial charge >= 0.3 is 0 Å². The monoisotopic (exact) mass is 420 g/mol. The van der Waals surface area contributed by atoms with Crippen molar-refractivity contribution in [3.63, 3.8) is 0 Å². The molecule has 0 aliphatic heterocycles. The van der Waals surface area contributed by atoms with Crippen LogP contribution in [0.25, 0.3) is 10.9 Å². The lowest BCUT2D eigenvalue weighted by Crippen LogP contribution is -2.45. The van der Waals surface area contributed by atoms with Crippen molar-refractivity contribution in [1.29, 1.82) is 0 Å². The number of nitrogens with one attached hydrogen (secondary N) is 3. The van der Waals surface area contributed by atoms with Crippen molar-refractivity contribution in [1.82, 2.24) is 15.3 Å². The molecular weight excluding hydrogens is 400 g/mol. The minimum absolute atomic E-state index is 0.280. The van der Waals surface area contributed by atoms with Gasteiger partial charge in [0.15, 0.2) is 0 Å². The van der Waals surface area contributed by atoms with Gasteiger partial charge in [-0.3, -0.25) is 9.59 Å². The van der Waals surface area contributed by atoms with Crippen LogP contribution in [0.15, 0.2) is 66.3 Å². The van der Waals surface area contributed by atoms with E-state index in [9.17, 15) is 9.59 Å². The first-order valence-electron chi connectivity index (χ1n) is 9.34. The Morgan fingerprint density at radius 3 is 2.77 bits per heavy atom. The van der Waals surface area contributed by atoms with Crippen LogP contribution in [-0.2, 0) is 11.2 Å². The summed E-state index contributed by atoms with van der Waals surface area (Å²) in [5, 5.41) is 8.54. The lowest BCUT2D eigenvalue weighted by Gasteiger charge is -2.18. The predicted molar refractivity (Wildman–Crippen MR) is 117 cm³/mol. The molecule has 30 heavy (non-hydrogen) atoms. The molecule has 1 unspecified atom stereocenters. The molecule has 0 aliphatic rings. The topological polar surface area (TPSA) is 96.1 Å². The van der Waals surface area contributed by atoms with Gasteiger partial charge in [-0.25, -0.2) is 4.98 Å². The molecule has 152 valence electrons. The summed E-state index contributed by atoms with van der Waals surface area (Å²) in [6.07, 6.45) is 3.73. The van der Waals surface area contributed by atoms with E-state index < -0.39 is 6.04 Å². The molecule has 0 saturated heterocycles. The average molecular weight is 420 g/mol. The molecule has 0 bridgehead atoms. The third kappa shape index (κ3) is 4.33. The number of carbonyl (C=O) groups is 2. The molecule has 7 nitrogen and oxygen atoms in total. The minimum atomic E-state index is -0.763. The molecule has 3 N–H and O–H groups in total. The number of hydrogen-bond donors (Lipinski definition) is 3. The number of aromatic amines is 1. The second-order valence-electron chi connectivity index (χ2n) is 6.65. The highest BCUT2D eigenvalue weighted by atomic mass is 32.1. The highest BCUT2D eigenvalue weighted by Gasteiger charge is 2.24. The van der Waals surface area contributed by atoms with Gasteiger partial charge in [0.1, 0.15) is 6.04 Å². The number of anilines is 1. The van der Waals surface area contributed by atoms with Crippen molar-refractivity contribution in [3.05, 3.63) is 76.7 Å². The van der Waals surface area contributed by atoms with Crippen LogP contribution >= 0.6 is 11.3 Å². The molecule has 0 spiro atoms. The molecule has 3 heterocycles. The van der Waals surface area contributed by atoms with Crippen LogP contribution < -0.4 is 15.4 Å². The molecule has 1 aromatic carbocycles. The zero-order valence-electron chi connectivity index (χ0n) is 16.2. The number of hydrogen-bond acceptors (Lipinski definition) is 5. The molecule has 2 amide bonds. The number of pyridine rings is 1. The Labute approximate surface area is 177 Å². The molecule has 3 aromatic heterocycles. The van der Waals surface area contributed by atoms with Gasteiger partial charge in [0, 0.05) is 29.6 Å². The number of aromatic nitrogens is 2. The van der Waals surface area contributed by atoms with Crippen molar-refractivity contribution in [3.8, 4) is 5.88 Å². The van der Waals surface area contributed by atoms with E-state index in [4.69, 9.17) is 4.74 Å². The fourth-order valence-electron chi connectivity index (χ4n) is 3.17. The maximum atomic E-state index is 13.0. The number of benzene rings is 1. The Hall–Kier alpha value is -3.65. The summed E-state index contributed by atoms with van der Waals surface area (Å²) in [4.78, 5) is 33.5. The van der Waals surface area contributed by atoms with Gasteiger partial charge in [-0.1, -0.05) is 24.3 Å². The predicted octanol–water partition coefficient (Wildman–Crippen LogP) is 3.61. The molecule has 0 saturated carbocycles. The maximum Gasteiger partial charge on any atom is 0.262 e. The summed E-state index contributed by atoms with van der Waals surface area (Å²) in [6, 6.07) is 14.0. The largest absolute Gasteiger partial charge is 0.481 e. The van der Waals surface area contributed by atoms with Gasteiger partial charge < -0.3 is 20.4 Å². The Bertz CT molecular complexity index is 1150. The number of H-pyrrole nitrogens is 1. The number of nitrogens with zero attached hydrogens (tertiary/aromatic N) is 1. The van der Waals surface area contributed by atoms with Crippen LogP contribution in [0, 0.1) is 0 Å². The van der Waals surface area contributed by atoms with Gasteiger partial charge in [0.05, 0.1) is 23.9 Å². The molecule has 1 atom stereocenters. The van der Waals surface area contributed by atoms with Crippen molar-refractivity contribution in [2.45, 2.75) is 12.5 Å². The van der Waals surface area contributed by atoms with Crippen molar-refractivity contribution in [2.24, 2.45) is 0 Å². The first-order chi connectivity index (χ1) is 14.6. The van der Waals surface area contributed by atoms with Crippen LogP contribution in [0.1, 0.15) is 15.2 Å². The van der Waals surface area contributed by atoms with Gasteiger partial charge in [0.2, 0.25) is 11.8 Å². The van der Waals surface area contributed by atoms with E-state index in [1.165, 1.54) is 24.6 Å². The molecule has 4 aromatic rings. The Morgan fingerprint density at radius 1 is 1.17 bits per heavy atom. The Morgan fingerprint density at radius 2 is 2.03 bits per heavy atom. The van der Waals surface area contributed by atoms with Crippen LogP contribution in [0.3, 0.4) is 0 Å². The SMILES string of the molecule is COc1ccc(NC(=O)C(Cc2c[nH]c3ccccc23)NC(=O)c2cccs2)cn1. The van der Waals surface area contributed by atoms with Crippen LogP contribution in [0.2, 0.25) is 0 Å². The smallest absolute Gasteiger partial charge is 0.262 e. The van der Waals surface area contributed by atoms with Gasteiger partial charge in [-0.05, 0) is 29.1 Å². The Balaban J connectivity index is 1.56. The fourth-order valence-corrected chi connectivity index (χ4v) is 3.80. The summed E-state index contributed by atoms with van der Waals surface area (Å²) >= 11 is 1.33. The summed E-state index contributed by atoms with van der Waals surface area (Å²) in [5.74, 6) is -0.149. The highest BCUT2D eigenvalue weighted by Crippen LogP contribution is 2.20. The minimum Gasteiger partial charge on any atom is -0.481 e. The number of methoxy groups -OCH3 is 1. The van der Waals surface area contributed by atoms with E-state index in [-0.39, 0.29) is 11.8 Å². The maximum absolute atomic E-state index is 13.0. The van der Waals surface area contributed by atoms with Crippen LogP contribution in [0.4, 0.5) is 5.69 Å². The third-order valence-corrected chi connectivity index (χ3v) is 5.55. The number of thiophene rings is 1. The Kier molecular flexibility index (Phi) is 5.76. The first-order valence-corrected chi connectivity index (χ1v) is 10.2. The number of para-hydroxylation sites is 1. The van der Waals surface area contributed by atoms with E-state index in [0.29, 0.717) is 22.9 Å². The van der Waals surface area contributed by atoms with Gasteiger partial charge in [-0.15, -0.1) is 11.3 Å². The first kappa shape index (κ1) is 19.7. The number of rotatable bonds is 7. The second kappa shape index (κ2) is 8.79. The van der Waals surface area contributed by atoms with Crippen LogP contribution in [-0.4, -0.2) is 34.9 Å². The zero-order valence-corrected chi connectivity index (χ0v) is 17.0. The van der Waals surface area contributed by atoms with Crippen molar-refractivity contribution < 1.29 is 14.3 Å². The molecule has 0 radical (unpaired) electrons. The van der Waals surface area contributed by atoms with E-state index in [2.05, 4.69) is 20.6 Å². The fraction of sp³-hybridized carbons (Fsp3) is 0.136. The standard InChI is InChI=1S/C22H20N4O3S/c1-29-20-9-8-15(13-24-20)25-21(27)18(26-22(28)19-7-4-10-30-19)11-14-12-23-17-6-3-2-5-16(14)17/h2-10,12-13,18,23H,11H2,1H3,(H,25,27)(H,26,28). The van der Waals surface area contributed by atoms with Gasteiger partial charge in [-0.2, -0.15) is 0 Å². The third-order valence-electron chi connectivity index (χ3n) is 4.68. The quantitative estimate of drug-likeness (QED) is 0.426. The van der Waals surface area contributed by atoms with Crippen LogP contribution in [0.5, 0.6) is 5.88 Å². The lowest BCUT2D eigenvalue weighted by atomic mass is 10.0. The van der Waals surface area contributed by atoms with E-state index >= 15 is 0 Å². The number of amides is 2. The number of fused-ring (bicyclic) bond motifs is 1.